The lowest BCUT2D eigenvalue weighted by Gasteiger charge is -2.35. The number of hydrogen-bond acceptors (Lipinski definition) is 7. The fraction of sp³-hybridized carbons (Fsp3) is 0.400. The summed E-state index contributed by atoms with van der Waals surface area (Å²) in [5.41, 5.74) is 9.46. The van der Waals surface area contributed by atoms with Gasteiger partial charge in [0, 0.05) is 35.0 Å². The molecule has 2 heterocycles. The van der Waals surface area contributed by atoms with Gasteiger partial charge in [-0.15, -0.1) is 5.53 Å². The molecule has 40 heavy (non-hydrogen) atoms. The van der Waals surface area contributed by atoms with Gasteiger partial charge in [-0.2, -0.15) is 5.26 Å². The fourth-order valence-electron chi connectivity index (χ4n) is 5.60. The van der Waals surface area contributed by atoms with Gasteiger partial charge >= 0.3 is 0 Å². The molecular formula is C30H32BCl2N7. The van der Waals surface area contributed by atoms with Gasteiger partial charge in [0.25, 0.3) is 0 Å². The number of aromatic nitrogens is 1. The Morgan fingerprint density at radius 3 is 2.58 bits per heavy atom. The minimum absolute atomic E-state index is 0.00266. The number of hydrazine groups is 2. The maximum atomic E-state index is 9.85. The highest BCUT2D eigenvalue weighted by atomic mass is 35.5. The topological polar surface area (TPSA) is 88.0 Å². The molecule has 1 aliphatic heterocycles. The van der Waals surface area contributed by atoms with E-state index in [0.29, 0.717) is 50.5 Å². The summed E-state index contributed by atoms with van der Waals surface area (Å²) in [6, 6.07) is 13.6. The van der Waals surface area contributed by atoms with E-state index >= 15 is 0 Å². The van der Waals surface area contributed by atoms with E-state index in [1.54, 1.807) is 6.20 Å². The van der Waals surface area contributed by atoms with Crippen LogP contribution in [-0.4, -0.2) is 29.9 Å². The molecule has 6 rings (SSSR count). The van der Waals surface area contributed by atoms with E-state index < -0.39 is 5.44 Å². The summed E-state index contributed by atoms with van der Waals surface area (Å²) in [5.74, 6) is 0.706. The molecule has 4 N–H and O–H groups in total. The first-order valence-corrected chi connectivity index (χ1v) is 14.4. The van der Waals surface area contributed by atoms with E-state index in [-0.39, 0.29) is 11.0 Å². The lowest BCUT2D eigenvalue weighted by Crippen LogP contribution is -2.48. The van der Waals surface area contributed by atoms with Crippen LogP contribution in [0.5, 0.6) is 0 Å². The lowest BCUT2D eigenvalue weighted by molar-refractivity contribution is 0.156. The molecule has 0 bridgehead atoms. The first-order chi connectivity index (χ1) is 19.0. The molecule has 1 aromatic heterocycles. The van der Waals surface area contributed by atoms with Gasteiger partial charge in [-0.25, -0.2) is 0 Å². The molecule has 2 aromatic carbocycles. The van der Waals surface area contributed by atoms with Crippen LogP contribution in [0.3, 0.4) is 0 Å². The normalized spacial score (nSPS) is 19.4. The number of benzene rings is 2. The number of nitrogens with one attached hydrogen (secondary N) is 4. The highest BCUT2D eigenvalue weighted by molar-refractivity contribution is 6.36. The van der Waals surface area contributed by atoms with Gasteiger partial charge in [0.15, 0.2) is 0 Å². The second-order valence-electron chi connectivity index (χ2n) is 12.4. The van der Waals surface area contributed by atoms with Crippen LogP contribution in [0.15, 0.2) is 54.5 Å². The molecule has 3 aliphatic rings. The molecule has 0 amide bonds. The molecule has 10 heteroatoms. The largest absolute Gasteiger partial charge is 0.383 e. The maximum Gasteiger partial charge on any atom is 0.119 e. The lowest BCUT2D eigenvalue weighted by atomic mass is 9.69. The summed E-state index contributed by atoms with van der Waals surface area (Å²) in [5, 5.41) is 20.8. The van der Waals surface area contributed by atoms with Crippen LogP contribution in [0.4, 0.5) is 11.4 Å². The van der Waals surface area contributed by atoms with Crippen molar-refractivity contribution in [2.24, 2.45) is 11.3 Å². The Morgan fingerprint density at radius 2 is 1.93 bits per heavy atom. The Morgan fingerprint density at radius 1 is 1.18 bits per heavy atom. The molecule has 1 unspecified atom stereocenters. The van der Waals surface area contributed by atoms with Gasteiger partial charge in [-0.1, -0.05) is 62.2 Å². The zero-order chi connectivity index (χ0) is 28.3. The van der Waals surface area contributed by atoms with Crippen LogP contribution in [0.2, 0.25) is 10.0 Å². The molecule has 2 saturated carbocycles. The zero-order valence-electron chi connectivity index (χ0n) is 22.9. The van der Waals surface area contributed by atoms with Crippen LogP contribution in [0.1, 0.15) is 57.6 Å². The predicted molar refractivity (Wildman–Crippen MR) is 163 cm³/mol. The van der Waals surface area contributed by atoms with Crippen molar-refractivity contribution in [3.63, 3.8) is 0 Å². The fourth-order valence-corrected chi connectivity index (χ4v) is 6.15. The Balaban J connectivity index is 1.44. The van der Waals surface area contributed by atoms with Gasteiger partial charge in [0.1, 0.15) is 13.9 Å². The van der Waals surface area contributed by atoms with E-state index in [1.807, 2.05) is 36.4 Å². The van der Waals surface area contributed by atoms with Crippen molar-refractivity contribution in [3.8, 4) is 6.07 Å². The van der Waals surface area contributed by atoms with Crippen LogP contribution in [-0.2, 0) is 5.44 Å². The minimum Gasteiger partial charge on any atom is -0.383 e. The Bertz CT molecular complexity index is 1550. The number of pyridine rings is 1. The molecule has 0 spiro atoms. The third-order valence-corrected chi connectivity index (χ3v) is 8.67. The average Bonchev–Trinajstić information content (AvgIpc) is 3.84. The van der Waals surface area contributed by atoms with E-state index in [4.69, 9.17) is 31.0 Å². The second kappa shape index (κ2) is 9.76. The summed E-state index contributed by atoms with van der Waals surface area (Å²) in [6.07, 6.45) is 8.47. The van der Waals surface area contributed by atoms with Crippen LogP contribution in [0, 0.1) is 22.7 Å². The van der Waals surface area contributed by atoms with Crippen molar-refractivity contribution in [3.05, 3.63) is 75.7 Å². The first-order valence-electron chi connectivity index (χ1n) is 13.7. The number of nitriles is 1. The van der Waals surface area contributed by atoms with Crippen molar-refractivity contribution in [1.29, 1.82) is 5.26 Å². The van der Waals surface area contributed by atoms with E-state index in [9.17, 15) is 5.26 Å². The number of anilines is 2. The number of halogens is 2. The molecule has 3 aromatic rings. The van der Waals surface area contributed by atoms with Crippen LogP contribution >= 0.6 is 23.2 Å². The molecule has 2 aliphatic carbocycles. The summed E-state index contributed by atoms with van der Waals surface area (Å²) in [6.45, 7) is 7.07. The quantitative estimate of drug-likeness (QED) is 0.232. The molecule has 2 radical (unpaired) electrons. The Kier molecular flexibility index (Phi) is 6.61. The molecular weight excluding hydrogens is 540 g/mol. The van der Waals surface area contributed by atoms with E-state index in [0.717, 1.165) is 23.9 Å². The molecule has 1 atom stereocenters. The van der Waals surface area contributed by atoms with Crippen molar-refractivity contribution in [2.75, 3.05) is 17.2 Å². The number of nitrogens with zero attached hydrogens (tertiary/aromatic N) is 3. The second-order valence-corrected chi connectivity index (χ2v) is 13.2. The number of fused-ring (bicyclic) bond motifs is 1. The van der Waals surface area contributed by atoms with Gasteiger partial charge in [-0.3, -0.25) is 9.99 Å². The maximum absolute atomic E-state index is 9.85. The van der Waals surface area contributed by atoms with Gasteiger partial charge in [0.2, 0.25) is 0 Å². The molecule has 2 fully saturated rings. The number of rotatable bonds is 8. The summed E-state index contributed by atoms with van der Waals surface area (Å²) in [7, 11) is 7.26. The van der Waals surface area contributed by atoms with E-state index in [1.165, 1.54) is 12.8 Å². The summed E-state index contributed by atoms with van der Waals surface area (Å²) in [4.78, 5) is 4.50. The highest BCUT2D eigenvalue weighted by Gasteiger charge is 2.58. The van der Waals surface area contributed by atoms with Crippen molar-refractivity contribution in [1.82, 2.24) is 21.0 Å². The van der Waals surface area contributed by atoms with Crippen molar-refractivity contribution in [2.45, 2.75) is 57.4 Å². The third-order valence-electron chi connectivity index (χ3n) is 8.05. The standard InChI is InChI=1S/C30H32BCl2N7/c1-28(2,3)17-36-26-18(14-34)15-35-27-21(26)12-20(13-24(27)33)37-30(31,22-6-4-5-7-23(22)32)25-16-40(39-38-25)29(10-11-29)19-8-9-19/h4-7,12-13,15-16,19,37-39H,8-11,17H2,1-3H3,(H,35,36). The van der Waals surface area contributed by atoms with E-state index in [2.05, 4.69) is 64.6 Å². The summed E-state index contributed by atoms with van der Waals surface area (Å²) < 4.78 is 0. The van der Waals surface area contributed by atoms with Crippen molar-refractivity contribution < 1.29 is 0 Å². The molecule has 7 nitrogen and oxygen atoms in total. The summed E-state index contributed by atoms with van der Waals surface area (Å²) >= 11 is 13.5. The van der Waals surface area contributed by atoms with Crippen LogP contribution in [0.25, 0.3) is 10.9 Å². The highest BCUT2D eigenvalue weighted by Crippen LogP contribution is 2.57. The third kappa shape index (κ3) is 4.85. The molecule has 204 valence electrons. The monoisotopic (exact) mass is 571 g/mol. The Labute approximate surface area is 246 Å². The van der Waals surface area contributed by atoms with Gasteiger partial charge in [0.05, 0.1) is 38.5 Å². The number of hydrogen-bond donors (Lipinski definition) is 4. The Hall–Kier alpha value is -3.12. The van der Waals surface area contributed by atoms with Crippen molar-refractivity contribution >= 4 is 53.3 Å². The van der Waals surface area contributed by atoms with Crippen LogP contribution < -0.4 is 21.6 Å². The average molecular weight is 572 g/mol. The zero-order valence-corrected chi connectivity index (χ0v) is 24.4. The molecule has 0 saturated heterocycles. The van der Waals surface area contributed by atoms with Gasteiger partial charge < -0.3 is 16.1 Å². The SMILES string of the molecule is [B]C(Nc1cc(Cl)c2ncc(C#N)c(NCC(C)(C)C)c2c1)(C1=CN(C2(C3CC3)CC2)NN1)c1ccccc1Cl. The first kappa shape index (κ1) is 27.1. The van der Waals surface area contributed by atoms with Gasteiger partial charge in [-0.05, 0) is 60.8 Å². The predicted octanol–water partition coefficient (Wildman–Crippen LogP) is 6.41. The smallest absolute Gasteiger partial charge is 0.119 e. The minimum atomic E-state index is -1.23.